The molecule has 2 aromatic heterocycles. The summed E-state index contributed by atoms with van der Waals surface area (Å²) in [6, 6.07) is 6.55. The van der Waals surface area contributed by atoms with Gasteiger partial charge >= 0.3 is 0 Å². The third kappa shape index (κ3) is 3.17. The minimum absolute atomic E-state index is 0.0479. The second kappa shape index (κ2) is 7.70. The third-order valence-electron chi connectivity index (χ3n) is 6.71. The van der Waals surface area contributed by atoms with Gasteiger partial charge in [0, 0.05) is 48.0 Å². The van der Waals surface area contributed by atoms with E-state index in [1.807, 2.05) is 20.0 Å². The zero-order valence-electron chi connectivity index (χ0n) is 18.4. The van der Waals surface area contributed by atoms with Gasteiger partial charge in [0.15, 0.2) is 0 Å². The Balaban J connectivity index is 1.77. The highest BCUT2D eigenvalue weighted by atomic mass is 19.1. The molecule has 2 unspecified atom stereocenters. The Hall–Kier alpha value is -3.26. The van der Waals surface area contributed by atoms with Gasteiger partial charge in [-0.25, -0.2) is 9.37 Å². The van der Waals surface area contributed by atoms with Crippen LogP contribution >= 0.6 is 0 Å². The Bertz CT molecular complexity index is 1220. The number of hydrogen-bond acceptors (Lipinski definition) is 5. The minimum Gasteiger partial charge on any atom is -0.394 e. The van der Waals surface area contributed by atoms with Crippen molar-refractivity contribution < 1.29 is 14.3 Å². The number of carbonyl (C=O) groups is 1. The minimum atomic E-state index is -0.352. The van der Waals surface area contributed by atoms with Gasteiger partial charge in [-0.15, -0.1) is 0 Å². The van der Waals surface area contributed by atoms with Crippen LogP contribution in [-0.2, 0) is 13.1 Å². The Kier molecular flexibility index (Phi) is 4.97. The number of aryl methyl sites for hydroxylation is 1. The topological polar surface area (TPSA) is 83.3 Å². The number of fused-ring (bicyclic) bond motifs is 4. The van der Waals surface area contributed by atoms with Crippen molar-refractivity contribution in [3.05, 3.63) is 64.4 Å². The SMILES string of the molecule is Cc1nn(CCO)c2c1-c1cnc3c(c1)C(CN3)C(C)c1cc(F)ccc1C(=O)N(C)C2. The molecule has 0 radical (unpaired) electrons. The number of aromatic nitrogens is 3. The molecule has 166 valence electrons. The van der Waals surface area contributed by atoms with Crippen LogP contribution in [-0.4, -0.2) is 50.9 Å². The first-order valence-corrected chi connectivity index (χ1v) is 10.8. The summed E-state index contributed by atoms with van der Waals surface area (Å²) in [5.74, 6) is 0.273. The number of nitrogens with one attached hydrogen (secondary N) is 1. The van der Waals surface area contributed by atoms with E-state index in [0.717, 1.165) is 33.9 Å². The molecule has 3 aromatic rings. The number of rotatable bonds is 2. The Morgan fingerprint density at radius 1 is 1.28 bits per heavy atom. The zero-order chi connectivity index (χ0) is 22.6. The highest BCUT2D eigenvalue weighted by Gasteiger charge is 2.34. The number of hydrogen-bond donors (Lipinski definition) is 2. The van der Waals surface area contributed by atoms with Gasteiger partial charge in [0.25, 0.3) is 5.91 Å². The van der Waals surface area contributed by atoms with Gasteiger partial charge in [-0.05, 0) is 42.7 Å². The molecule has 2 aliphatic rings. The molecule has 2 aliphatic heterocycles. The normalized spacial score (nSPS) is 19.7. The number of anilines is 1. The van der Waals surface area contributed by atoms with Crippen molar-refractivity contribution in [1.29, 1.82) is 0 Å². The summed E-state index contributed by atoms with van der Waals surface area (Å²) in [6.45, 7) is 5.23. The van der Waals surface area contributed by atoms with Crippen molar-refractivity contribution in [3.63, 3.8) is 0 Å². The van der Waals surface area contributed by atoms with Crippen LogP contribution in [0.15, 0.2) is 30.5 Å². The number of amides is 1. The van der Waals surface area contributed by atoms with Gasteiger partial charge in [0.1, 0.15) is 11.6 Å². The summed E-state index contributed by atoms with van der Waals surface area (Å²) in [5.41, 5.74) is 5.81. The van der Waals surface area contributed by atoms with E-state index in [1.54, 1.807) is 22.7 Å². The van der Waals surface area contributed by atoms with Gasteiger partial charge in [-0.2, -0.15) is 5.10 Å². The molecule has 0 fully saturated rings. The molecule has 0 aliphatic carbocycles. The van der Waals surface area contributed by atoms with Crippen LogP contribution in [0.1, 0.15) is 51.6 Å². The van der Waals surface area contributed by atoms with Crippen molar-refractivity contribution in [2.24, 2.45) is 0 Å². The van der Waals surface area contributed by atoms with E-state index in [4.69, 9.17) is 0 Å². The monoisotopic (exact) mass is 435 g/mol. The molecule has 32 heavy (non-hydrogen) atoms. The van der Waals surface area contributed by atoms with Crippen LogP contribution in [0, 0.1) is 12.7 Å². The second-order valence-electron chi connectivity index (χ2n) is 8.68. The zero-order valence-corrected chi connectivity index (χ0v) is 18.4. The van der Waals surface area contributed by atoms with E-state index >= 15 is 0 Å². The molecular weight excluding hydrogens is 409 g/mol. The quantitative estimate of drug-likeness (QED) is 0.646. The molecule has 0 spiro atoms. The third-order valence-corrected chi connectivity index (χ3v) is 6.71. The number of aliphatic hydroxyl groups excluding tert-OH is 1. The van der Waals surface area contributed by atoms with E-state index in [1.165, 1.54) is 12.1 Å². The number of nitrogens with zero attached hydrogens (tertiary/aromatic N) is 4. The fourth-order valence-corrected chi connectivity index (χ4v) is 5.08. The van der Waals surface area contributed by atoms with Gasteiger partial charge in [-0.1, -0.05) is 6.92 Å². The molecule has 0 saturated carbocycles. The summed E-state index contributed by atoms with van der Waals surface area (Å²) in [5, 5.41) is 17.6. The lowest BCUT2D eigenvalue weighted by atomic mass is 9.81. The fourth-order valence-electron chi connectivity index (χ4n) is 5.08. The maximum Gasteiger partial charge on any atom is 0.254 e. The summed E-state index contributed by atoms with van der Waals surface area (Å²) in [7, 11) is 1.74. The van der Waals surface area contributed by atoms with E-state index in [2.05, 4.69) is 21.5 Å². The standard InChI is InChI=1S/C24H26FN5O2/c1-13-18-9-16(25)4-5-17(18)24(32)29(3)12-21-22(14(2)28-30(21)6-7-31)15-8-19-20(13)11-27-23(19)26-10-15/h4-5,8-10,13,20,31H,6-7,11-12H2,1-3H3,(H,26,27). The van der Waals surface area contributed by atoms with E-state index < -0.39 is 0 Å². The maximum atomic E-state index is 14.3. The number of halogens is 1. The number of benzene rings is 1. The molecule has 4 heterocycles. The summed E-state index contributed by atoms with van der Waals surface area (Å²) in [6.07, 6.45) is 1.83. The van der Waals surface area contributed by atoms with Crippen molar-refractivity contribution in [2.45, 2.75) is 38.8 Å². The molecule has 5 rings (SSSR count). The average Bonchev–Trinajstić information content (AvgIpc) is 3.32. The van der Waals surface area contributed by atoms with Crippen LogP contribution in [0.4, 0.5) is 10.2 Å². The fraction of sp³-hybridized carbons (Fsp3) is 0.375. The van der Waals surface area contributed by atoms with Gasteiger partial charge in [0.2, 0.25) is 0 Å². The smallest absolute Gasteiger partial charge is 0.254 e. The first-order valence-electron chi connectivity index (χ1n) is 10.8. The van der Waals surface area contributed by atoms with Gasteiger partial charge in [-0.3, -0.25) is 9.48 Å². The summed E-state index contributed by atoms with van der Waals surface area (Å²) >= 11 is 0. The lowest BCUT2D eigenvalue weighted by Gasteiger charge is -2.26. The highest BCUT2D eigenvalue weighted by Crippen LogP contribution is 2.43. The van der Waals surface area contributed by atoms with E-state index in [9.17, 15) is 14.3 Å². The average molecular weight is 436 g/mol. The van der Waals surface area contributed by atoms with E-state index in [0.29, 0.717) is 30.8 Å². The molecule has 1 aromatic carbocycles. The molecule has 8 heteroatoms. The largest absolute Gasteiger partial charge is 0.394 e. The first-order chi connectivity index (χ1) is 15.4. The van der Waals surface area contributed by atoms with Gasteiger partial charge < -0.3 is 15.3 Å². The number of pyridine rings is 1. The predicted molar refractivity (Wildman–Crippen MR) is 119 cm³/mol. The van der Waals surface area contributed by atoms with E-state index in [-0.39, 0.29) is 30.2 Å². The van der Waals surface area contributed by atoms with Crippen LogP contribution in [0.25, 0.3) is 11.1 Å². The van der Waals surface area contributed by atoms with Crippen LogP contribution in [0.5, 0.6) is 0 Å². The van der Waals surface area contributed by atoms with Crippen molar-refractivity contribution in [1.82, 2.24) is 19.7 Å². The lowest BCUT2D eigenvalue weighted by Crippen LogP contribution is -2.29. The molecule has 2 atom stereocenters. The molecule has 2 bridgehead atoms. The number of carbonyl (C=O) groups excluding carboxylic acids is 1. The van der Waals surface area contributed by atoms with Gasteiger partial charge in [0.05, 0.1) is 31.1 Å². The highest BCUT2D eigenvalue weighted by molar-refractivity contribution is 5.96. The Morgan fingerprint density at radius 2 is 2.09 bits per heavy atom. The lowest BCUT2D eigenvalue weighted by molar-refractivity contribution is 0.0779. The molecule has 2 N–H and O–H groups in total. The first kappa shape index (κ1) is 20.6. The molecule has 7 nitrogen and oxygen atoms in total. The Labute approximate surface area is 185 Å². The maximum absolute atomic E-state index is 14.3. The summed E-state index contributed by atoms with van der Waals surface area (Å²) in [4.78, 5) is 19.8. The molecule has 1 amide bonds. The van der Waals surface area contributed by atoms with Crippen molar-refractivity contribution in [2.75, 3.05) is 25.5 Å². The Morgan fingerprint density at radius 3 is 2.88 bits per heavy atom. The molecular formula is C24H26FN5O2. The predicted octanol–water partition coefficient (Wildman–Crippen LogP) is 3.28. The summed E-state index contributed by atoms with van der Waals surface area (Å²) < 4.78 is 16.0. The van der Waals surface area contributed by atoms with Crippen LogP contribution in [0.3, 0.4) is 0 Å². The second-order valence-corrected chi connectivity index (χ2v) is 8.68. The molecule has 0 saturated heterocycles. The van der Waals surface area contributed by atoms with Crippen LogP contribution < -0.4 is 5.32 Å². The van der Waals surface area contributed by atoms with Crippen molar-refractivity contribution >= 4 is 11.7 Å². The number of aliphatic hydroxyl groups is 1. The van der Waals surface area contributed by atoms with Crippen LogP contribution in [0.2, 0.25) is 0 Å². The van der Waals surface area contributed by atoms with Crippen molar-refractivity contribution in [3.8, 4) is 11.1 Å².